The maximum atomic E-state index is 6.46. The van der Waals surface area contributed by atoms with Gasteiger partial charge in [0.25, 0.3) is 0 Å². The molecule has 1 aliphatic heterocycles. The minimum atomic E-state index is -0.388. The van der Waals surface area contributed by atoms with Gasteiger partial charge in [0.05, 0.1) is 11.2 Å². The third-order valence-electron chi connectivity index (χ3n) is 4.95. The van der Waals surface area contributed by atoms with E-state index in [9.17, 15) is 0 Å². The Kier molecular flexibility index (Phi) is 4.56. The van der Waals surface area contributed by atoms with Gasteiger partial charge in [-0.15, -0.1) is 0 Å². The van der Waals surface area contributed by atoms with Crippen molar-refractivity contribution in [1.82, 2.24) is 10.3 Å². The molecule has 0 unspecified atom stereocenters. The molecule has 4 nitrogen and oxygen atoms in total. The van der Waals surface area contributed by atoms with E-state index in [0.717, 1.165) is 21.9 Å². The SMILES string of the molecule is CNCC(=Cc1cc2cc[nH]c2cc1Cl)B1OC(C)(C)C(C)(C)O1. The summed E-state index contributed by atoms with van der Waals surface area (Å²) in [6, 6.07) is 6.06. The monoisotopic (exact) mass is 346 g/mol. The van der Waals surface area contributed by atoms with Gasteiger partial charge in [-0.25, -0.2) is 0 Å². The smallest absolute Gasteiger partial charge is 0.400 e. The predicted molar refractivity (Wildman–Crippen MR) is 101 cm³/mol. The van der Waals surface area contributed by atoms with Gasteiger partial charge in [-0.3, -0.25) is 0 Å². The molecule has 1 aromatic carbocycles. The molecule has 24 heavy (non-hydrogen) atoms. The summed E-state index contributed by atoms with van der Waals surface area (Å²) in [6.07, 6.45) is 3.98. The van der Waals surface area contributed by atoms with Gasteiger partial charge in [0.2, 0.25) is 0 Å². The number of hydrogen-bond acceptors (Lipinski definition) is 3. The van der Waals surface area contributed by atoms with E-state index in [1.165, 1.54) is 0 Å². The fourth-order valence-electron chi connectivity index (χ4n) is 2.80. The Balaban J connectivity index is 1.98. The fraction of sp³-hybridized carbons (Fsp3) is 0.444. The summed E-state index contributed by atoms with van der Waals surface area (Å²) in [5.41, 5.74) is 2.29. The molecule has 0 saturated carbocycles. The van der Waals surface area contributed by atoms with Gasteiger partial charge in [-0.1, -0.05) is 17.7 Å². The lowest BCUT2D eigenvalue weighted by atomic mass is 9.77. The van der Waals surface area contributed by atoms with Crippen molar-refractivity contribution in [3.8, 4) is 0 Å². The van der Waals surface area contributed by atoms with Crippen LogP contribution in [0.4, 0.5) is 0 Å². The highest BCUT2D eigenvalue weighted by Gasteiger charge is 2.52. The molecule has 1 saturated heterocycles. The molecule has 0 spiro atoms. The lowest BCUT2D eigenvalue weighted by molar-refractivity contribution is 0.00578. The maximum absolute atomic E-state index is 6.46. The molecule has 0 amide bonds. The van der Waals surface area contributed by atoms with Crippen LogP contribution in [0.1, 0.15) is 33.3 Å². The lowest BCUT2D eigenvalue weighted by Crippen LogP contribution is -2.41. The quantitative estimate of drug-likeness (QED) is 0.821. The number of benzene rings is 1. The number of likely N-dealkylation sites (N-methyl/N-ethyl adjacent to an activating group) is 1. The molecular weight excluding hydrogens is 322 g/mol. The van der Waals surface area contributed by atoms with Crippen LogP contribution in [0.5, 0.6) is 0 Å². The van der Waals surface area contributed by atoms with Gasteiger partial charge >= 0.3 is 7.12 Å². The van der Waals surface area contributed by atoms with Gasteiger partial charge < -0.3 is 19.6 Å². The zero-order valence-corrected chi connectivity index (χ0v) is 15.6. The van der Waals surface area contributed by atoms with Crippen LogP contribution < -0.4 is 5.32 Å². The van der Waals surface area contributed by atoms with Gasteiger partial charge in [0, 0.05) is 28.7 Å². The number of H-pyrrole nitrogens is 1. The molecular formula is C18H24BClN2O2. The molecule has 0 aliphatic carbocycles. The molecule has 2 aromatic rings. The second kappa shape index (κ2) is 6.23. The van der Waals surface area contributed by atoms with Crippen LogP contribution in [0.2, 0.25) is 5.02 Å². The lowest BCUT2D eigenvalue weighted by Gasteiger charge is -2.32. The van der Waals surface area contributed by atoms with Crippen molar-refractivity contribution in [3.63, 3.8) is 0 Å². The van der Waals surface area contributed by atoms with Crippen molar-refractivity contribution in [2.24, 2.45) is 0 Å². The van der Waals surface area contributed by atoms with Crippen molar-refractivity contribution < 1.29 is 9.31 Å². The van der Waals surface area contributed by atoms with E-state index in [-0.39, 0.29) is 18.3 Å². The summed E-state index contributed by atoms with van der Waals surface area (Å²) >= 11 is 6.46. The molecule has 1 aromatic heterocycles. The molecule has 0 atom stereocenters. The van der Waals surface area contributed by atoms with E-state index < -0.39 is 0 Å². The Morgan fingerprint density at radius 2 is 1.92 bits per heavy atom. The first kappa shape index (κ1) is 17.6. The molecule has 128 valence electrons. The molecule has 0 radical (unpaired) electrons. The Bertz CT molecular complexity index is 766. The first-order valence-corrected chi connectivity index (χ1v) is 8.59. The number of rotatable bonds is 4. The summed E-state index contributed by atoms with van der Waals surface area (Å²) in [7, 11) is 1.52. The number of halogens is 1. The minimum Gasteiger partial charge on any atom is -0.400 e. The molecule has 1 fully saturated rings. The van der Waals surface area contributed by atoms with Crippen LogP contribution in [0.15, 0.2) is 29.9 Å². The summed E-state index contributed by atoms with van der Waals surface area (Å²) in [4.78, 5) is 3.18. The van der Waals surface area contributed by atoms with E-state index in [2.05, 4.69) is 50.1 Å². The zero-order chi connectivity index (χ0) is 17.5. The van der Waals surface area contributed by atoms with Crippen LogP contribution >= 0.6 is 11.6 Å². The van der Waals surface area contributed by atoms with Gasteiger partial charge in [-0.2, -0.15) is 0 Å². The van der Waals surface area contributed by atoms with Crippen LogP contribution in [-0.2, 0) is 9.31 Å². The maximum Gasteiger partial charge on any atom is 0.491 e. The van der Waals surface area contributed by atoms with E-state index in [0.29, 0.717) is 11.6 Å². The zero-order valence-electron chi connectivity index (χ0n) is 14.9. The highest BCUT2D eigenvalue weighted by atomic mass is 35.5. The van der Waals surface area contributed by atoms with Crippen molar-refractivity contribution in [2.45, 2.75) is 38.9 Å². The number of hydrogen-bond donors (Lipinski definition) is 2. The summed E-state index contributed by atoms with van der Waals surface area (Å²) in [5.74, 6) is 0. The number of aromatic amines is 1. The highest BCUT2D eigenvalue weighted by molar-refractivity contribution is 6.56. The summed E-state index contributed by atoms with van der Waals surface area (Å²) < 4.78 is 12.4. The van der Waals surface area contributed by atoms with Crippen molar-refractivity contribution in [1.29, 1.82) is 0 Å². The Morgan fingerprint density at radius 3 is 2.54 bits per heavy atom. The van der Waals surface area contributed by atoms with E-state index in [1.54, 1.807) is 0 Å². The van der Waals surface area contributed by atoms with Crippen LogP contribution in [0, 0.1) is 0 Å². The average Bonchev–Trinajstić information content (AvgIpc) is 3.00. The van der Waals surface area contributed by atoms with E-state index in [4.69, 9.17) is 20.9 Å². The molecule has 2 N–H and O–H groups in total. The van der Waals surface area contributed by atoms with Crippen LogP contribution in [0.25, 0.3) is 17.0 Å². The second-order valence-corrected chi connectivity index (χ2v) is 7.68. The van der Waals surface area contributed by atoms with Crippen molar-refractivity contribution in [2.75, 3.05) is 13.6 Å². The van der Waals surface area contributed by atoms with E-state index >= 15 is 0 Å². The number of fused-ring (bicyclic) bond motifs is 1. The van der Waals surface area contributed by atoms with Crippen LogP contribution in [-0.4, -0.2) is 36.9 Å². The average molecular weight is 347 g/mol. The van der Waals surface area contributed by atoms with Gasteiger partial charge in [0.1, 0.15) is 0 Å². The first-order valence-electron chi connectivity index (χ1n) is 8.21. The standard InChI is InChI=1S/C18H24BClN2O2/c1-17(2)18(3,4)24-19(23-17)14(11-21-5)9-13-8-12-6-7-22-16(12)10-15(13)20/h6-10,21-22H,11H2,1-5H3. The fourth-order valence-corrected chi connectivity index (χ4v) is 3.02. The number of aromatic nitrogens is 1. The van der Waals surface area contributed by atoms with Crippen molar-refractivity contribution in [3.05, 3.63) is 40.5 Å². The van der Waals surface area contributed by atoms with Gasteiger partial charge in [-0.05, 0) is 64.0 Å². The second-order valence-electron chi connectivity index (χ2n) is 7.28. The molecule has 1 aliphatic rings. The van der Waals surface area contributed by atoms with E-state index in [1.807, 2.05) is 25.4 Å². The third kappa shape index (κ3) is 3.14. The normalized spacial score (nSPS) is 20.1. The summed E-state index contributed by atoms with van der Waals surface area (Å²) in [5, 5.41) is 5.03. The van der Waals surface area contributed by atoms with Crippen LogP contribution in [0.3, 0.4) is 0 Å². The number of nitrogens with one attached hydrogen (secondary N) is 2. The molecule has 6 heteroatoms. The Labute approximate surface area is 148 Å². The molecule has 0 bridgehead atoms. The van der Waals surface area contributed by atoms with Gasteiger partial charge in [0.15, 0.2) is 0 Å². The highest BCUT2D eigenvalue weighted by Crippen LogP contribution is 2.39. The summed E-state index contributed by atoms with van der Waals surface area (Å²) in [6.45, 7) is 8.90. The first-order chi connectivity index (χ1) is 11.2. The molecule has 3 rings (SSSR count). The van der Waals surface area contributed by atoms with Crippen molar-refractivity contribution >= 4 is 35.7 Å². The minimum absolute atomic E-state index is 0.362. The predicted octanol–water partition coefficient (Wildman–Crippen LogP) is 4.06. The Hall–Kier alpha value is -1.27. The Morgan fingerprint density at radius 1 is 1.25 bits per heavy atom. The topological polar surface area (TPSA) is 46.3 Å². The largest absolute Gasteiger partial charge is 0.491 e. The third-order valence-corrected chi connectivity index (χ3v) is 5.28. The molecule has 2 heterocycles.